The second-order valence-corrected chi connectivity index (χ2v) is 5.96. The topological polar surface area (TPSA) is 71.1 Å². The van der Waals surface area contributed by atoms with E-state index in [1.807, 2.05) is 42.5 Å². The number of carbonyl (C=O) groups excluding carboxylic acids is 2. The molecular formula is C17H19N3O2S. The SMILES string of the molecule is CC(=O)Nc1ccc(SCC(=O)NCCc2ccccn2)cc1. The quantitative estimate of drug-likeness (QED) is 0.766. The molecule has 0 spiro atoms. The van der Waals surface area contributed by atoms with Crippen molar-refractivity contribution in [1.29, 1.82) is 0 Å². The Balaban J connectivity index is 1.68. The van der Waals surface area contributed by atoms with E-state index in [9.17, 15) is 9.59 Å². The van der Waals surface area contributed by atoms with Gasteiger partial charge in [0, 0.05) is 42.4 Å². The molecular weight excluding hydrogens is 310 g/mol. The van der Waals surface area contributed by atoms with Gasteiger partial charge < -0.3 is 10.6 Å². The van der Waals surface area contributed by atoms with Crippen molar-refractivity contribution in [1.82, 2.24) is 10.3 Å². The van der Waals surface area contributed by atoms with Gasteiger partial charge in [-0.25, -0.2) is 0 Å². The number of benzene rings is 1. The summed E-state index contributed by atoms with van der Waals surface area (Å²) in [5.74, 6) is 0.261. The molecule has 5 nitrogen and oxygen atoms in total. The third kappa shape index (κ3) is 6.52. The molecule has 2 N–H and O–H groups in total. The zero-order valence-electron chi connectivity index (χ0n) is 12.9. The number of rotatable bonds is 7. The molecule has 0 saturated carbocycles. The van der Waals surface area contributed by atoms with Crippen LogP contribution in [-0.2, 0) is 16.0 Å². The summed E-state index contributed by atoms with van der Waals surface area (Å²) in [6, 6.07) is 13.2. The van der Waals surface area contributed by atoms with Crippen LogP contribution < -0.4 is 10.6 Å². The van der Waals surface area contributed by atoms with Crippen LogP contribution in [0.3, 0.4) is 0 Å². The Hall–Kier alpha value is -2.34. The predicted molar refractivity (Wildman–Crippen MR) is 92.4 cm³/mol. The number of hydrogen-bond donors (Lipinski definition) is 2. The number of pyridine rings is 1. The first-order chi connectivity index (χ1) is 11.1. The van der Waals surface area contributed by atoms with E-state index >= 15 is 0 Å². The van der Waals surface area contributed by atoms with Crippen LogP contribution in [0.4, 0.5) is 5.69 Å². The minimum Gasteiger partial charge on any atom is -0.355 e. The van der Waals surface area contributed by atoms with Crippen LogP contribution in [0.15, 0.2) is 53.6 Å². The van der Waals surface area contributed by atoms with E-state index in [0.717, 1.165) is 22.7 Å². The van der Waals surface area contributed by atoms with Crippen molar-refractivity contribution in [2.24, 2.45) is 0 Å². The first kappa shape index (κ1) is 17.0. The average molecular weight is 329 g/mol. The molecule has 0 radical (unpaired) electrons. The van der Waals surface area contributed by atoms with Gasteiger partial charge in [0.05, 0.1) is 5.75 Å². The zero-order chi connectivity index (χ0) is 16.5. The molecule has 0 atom stereocenters. The van der Waals surface area contributed by atoms with Gasteiger partial charge in [-0.05, 0) is 36.4 Å². The highest BCUT2D eigenvalue weighted by Gasteiger charge is 2.03. The van der Waals surface area contributed by atoms with Gasteiger partial charge in [0.2, 0.25) is 11.8 Å². The molecule has 2 amide bonds. The highest BCUT2D eigenvalue weighted by Crippen LogP contribution is 2.20. The summed E-state index contributed by atoms with van der Waals surface area (Å²) in [4.78, 5) is 27.9. The highest BCUT2D eigenvalue weighted by atomic mass is 32.2. The maximum atomic E-state index is 11.8. The number of amides is 2. The second-order valence-electron chi connectivity index (χ2n) is 4.92. The third-order valence-electron chi connectivity index (χ3n) is 2.97. The Bertz CT molecular complexity index is 645. The van der Waals surface area contributed by atoms with Gasteiger partial charge in [-0.3, -0.25) is 14.6 Å². The number of thioether (sulfide) groups is 1. The molecule has 0 aliphatic rings. The molecule has 2 aromatic rings. The highest BCUT2D eigenvalue weighted by molar-refractivity contribution is 8.00. The third-order valence-corrected chi connectivity index (χ3v) is 3.99. The maximum absolute atomic E-state index is 11.8. The molecule has 0 saturated heterocycles. The fourth-order valence-corrected chi connectivity index (χ4v) is 2.64. The lowest BCUT2D eigenvalue weighted by atomic mass is 10.3. The lowest BCUT2D eigenvalue weighted by molar-refractivity contribution is -0.118. The molecule has 2 rings (SSSR count). The maximum Gasteiger partial charge on any atom is 0.230 e. The van der Waals surface area contributed by atoms with Crippen LogP contribution in [0.2, 0.25) is 0 Å². The molecule has 0 aliphatic carbocycles. The molecule has 1 aromatic heterocycles. The van der Waals surface area contributed by atoms with Gasteiger partial charge in [0.15, 0.2) is 0 Å². The Morgan fingerprint density at radius 1 is 1.13 bits per heavy atom. The fraction of sp³-hybridized carbons (Fsp3) is 0.235. The van der Waals surface area contributed by atoms with E-state index in [0.29, 0.717) is 12.3 Å². The average Bonchev–Trinajstić information content (AvgIpc) is 2.55. The summed E-state index contributed by atoms with van der Waals surface area (Å²) >= 11 is 1.46. The summed E-state index contributed by atoms with van der Waals surface area (Å²) in [7, 11) is 0. The number of aromatic nitrogens is 1. The van der Waals surface area contributed by atoms with Crippen LogP contribution in [0.25, 0.3) is 0 Å². The van der Waals surface area contributed by atoms with Crippen molar-refractivity contribution in [3.8, 4) is 0 Å². The minimum absolute atomic E-state index is 0.00290. The molecule has 6 heteroatoms. The standard InChI is InChI=1S/C17H19N3O2S/c1-13(21)20-15-5-7-16(8-6-15)23-12-17(22)19-11-9-14-4-2-3-10-18-14/h2-8,10H,9,11-12H2,1H3,(H,19,22)(H,20,21). The number of carbonyl (C=O) groups is 2. The van der Waals surface area contributed by atoms with Gasteiger partial charge in [0.1, 0.15) is 0 Å². The van der Waals surface area contributed by atoms with E-state index in [2.05, 4.69) is 15.6 Å². The van der Waals surface area contributed by atoms with Crippen LogP contribution in [0, 0.1) is 0 Å². The van der Waals surface area contributed by atoms with E-state index in [4.69, 9.17) is 0 Å². The molecule has 0 bridgehead atoms. The van der Waals surface area contributed by atoms with E-state index < -0.39 is 0 Å². The van der Waals surface area contributed by atoms with Gasteiger partial charge >= 0.3 is 0 Å². The lowest BCUT2D eigenvalue weighted by Gasteiger charge is -2.06. The second kappa shape index (κ2) is 8.95. The Kier molecular flexibility index (Phi) is 6.62. The Morgan fingerprint density at radius 3 is 2.57 bits per heavy atom. The predicted octanol–water partition coefficient (Wildman–Crippen LogP) is 2.49. The lowest BCUT2D eigenvalue weighted by Crippen LogP contribution is -2.27. The first-order valence-electron chi connectivity index (χ1n) is 7.30. The van der Waals surface area contributed by atoms with Gasteiger partial charge in [-0.2, -0.15) is 0 Å². The Labute approximate surface area is 139 Å². The van der Waals surface area contributed by atoms with Crippen molar-refractivity contribution < 1.29 is 9.59 Å². The van der Waals surface area contributed by atoms with Crippen LogP contribution in [0.5, 0.6) is 0 Å². The summed E-state index contributed by atoms with van der Waals surface area (Å²) in [5.41, 5.74) is 1.72. The van der Waals surface area contributed by atoms with E-state index in [-0.39, 0.29) is 11.8 Å². The van der Waals surface area contributed by atoms with Gasteiger partial charge in [0.25, 0.3) is 0 Å². The summed E-state index contributed by atoms with van der Waals surface area (Å²) < 4.78 is 0. The molecule has 1 heterocycles. The Morgan fingerprint density at radius 2 is 1.91 bits per heavy atom. The van der Waals surface area contributed by atoms with Crippen LogP contribution in [0.1, 0.15) is 12.6 Å². The van der Waals surface area contributed by atoms with Crippen molar-refractivity contribution >= 4 is 29.3 Å². The van der Waals surface area contributed by atoms with E-state index in [1.54, 1.807) is 6.20 Å². The van der Waals surface area contributed by atoms with Crippen molar-refractivity contribution in [3.05, 3.63) is 54.4 Å². The molecule has 23 heavy (non-hydrogen) atoms. The first-order valence-corrected chi connectivity index (χ1v) is 8.29. The molecule has 120 valence electrons. The summed E-state index contributed by atoms with van der Waals surface area (Å²) in [5, 5.41) is 5.59. The monoisotopic (exact) mass is 329 g/mol. The zero-order valence-corrected chi connectivity index (χ0v) is 13.7. The number of nitrogens with zero attached hydrogens (tertiary/aromatic N) is 1. The normalized spacial score (nSPS) is 10.1. The number of nitrogens with one attached hydrogen (secondary N) is 2. The molecule has 0 unspecified atom stereocenters. The van der Waals surface area contributed by atoms with Gasteiger partial charge in [-0.1, -0.05) is 6.07 Å². The van der Waals surface area contributed by atoms with Gasteiger partial charge in [-0.15, -0.1) is 11.8 Å². The molecule has 1 aromatic carbocycles. The minimum atomic E-state index is -0.0994. The number of anilines is 1. The fourth-order valence-electron chi connectivity index (χ4n) is 1.91. The van der Waals surface area contributed by atoms with E-state index in [1.165, 1.54) is 18.7 Å². The van der Waals surface area contributed by atoms with Crippen molar-refractivity contribution in [2.75, 3.05) is 17.6 Å². The van der Waals surface area contributed by atoms with Crippen molar-refractivity contribution in [2.45, 2.75) is 18.2 Å². The molecule has 0 aliphatic heterocycles. The summed E-state index contributed by atoms with van der Waals surface area (Å²) in [6.07, 6.45) is 2.47. The van der Waals surface area contributed by atoms with Crippen LogP contribution >= 0.6 is 11.8 Å². The van der Waals surface area contributed by atoms with Crippen LogP contribution in [-0.4, -0.2) is 29.1 Å². The van der Waals surface area contributed by atoms with Crippen molar-refractivity contribution in [3.63, 3.8) is 0 Å². The molecule has 0 fully saturated rings. The largest absolute Gasteiger partial charge is 0.355 e. The smallest absolute Gasteiger partial charge is 0.230 e. The number of hydrogen-bond acceptors (Lipinski definition) is 4. The summed E-state index contributed by atoms with van der Waals surface area (Å²) in [6.45, 7) is 2.05.